The van der Waals surface area contributed by atoms with E-state index >= 15 is 0 Å². The summed E-state index contributed by atoms with van der Waals surface area (Å²) in [5.41, 5.74) is 0.714. The van der Waals surface area contributed by atoms with E-state index in [-0.39, 0.29) is 19.1 Å². The largest absolute Gasteiger partial charge is 0.486 e. The summed E-state index contributed by atoms with van der Waals surface area (Å²) in [5.74, 6) is 0.875. The lowest BCUT2D eigenvalue weighted by molar-refractivity contribution is 0.0522. The zero-order chi connectivity index (χ0) is 17.8. The molecule has 1 fully saturated rings. The summed E-state index contributed by atoms with van der Waals surface area (Å²) >= 11 is 12.2. The second-order valence-corrected chi connectivity index (χ2v) is 6.77. The molecule has 3 rings (SSSR count). The highest BCUT2D eigenvalue weighted by atomic mass is 35.5. The molecule has 0 aliphatic carbocycles. The van der Waals surface area contributed by atoms with Crippen LogP contribution in [-0.4, -0.2) is 46.0 Å². The first-order chi connectivity index (χ1) is 12.1. The van der Waals surface area contributed by atoms with E-state index in [1.54, 1.807) is 30.6 Å². The van der Waals surface area contributed by atoms with Gasteiger partial charge in [0.15, 0.2) is 5.75 Å². The molecule has 1 aliphatic rings. The average molecular weight is 384 g/mol. The summed E-state index contributed by atoms with van der Waals surface area (Å²) in [6.07, 6.45) is 3.28. The van der Waals surface area contributed by atoms with Crippen molar-refractivity contribution in [1.82, 2.24) is 9.97 Å². The molecule has 0 unspecified atom stereocenters. The van der Waals surface area contributed by atoms with Gasteiger partial charge in [-0.1, -0.05) is 29.3 Å². The fraction of sp³-hybridized carbons (Fsp3) is 0.412. The Hall–Kier alpha value is -1.60. The van der Waals surface area contributed by atoms with Gasteiger partial charge in [-0.05, 0) is 18.6 Å². The number of hydrogen-bond donors (Lipinski definition) is 2. The second kappa shape index (κ2) is 8.19. The molecule has 25 heavy (non-hydrogen) atoms. The maximum absolute atomic E-state index is 9.83. The monoisotopic (exact) mass is 383 g/mol. The van der Waals surface area contributed by atoms with E-state index < -0.39 is 6.10 Å². The minimum atomic E-state index is -0.482. The van der Waals surface area contributed by atoms with Crippen molar-refractivity contribution in [2.45, 2.75) is 19.1 Å². The molecule has 0 saturated carbocycles. The van der Waals surface area contributed by atoms with Gasteiger partial charge in [-0.25, -0.2) is 9.97 Å². The van der Waals surface area contributed by atoms with Gasteiger partial charge in [0.25, 0.3) is 0 Å². The van der Waals surface area contributed by atoms with Gasteiger partial charge in [-0.3, -0.25) is 0 Å². The minimum absolute atomic E-state index is 0.0581. The minimum Gasteiger partial charge on any atom is -0.486 e. The molecule has 6 nitrogen and oxygen atoms in total. The van der Waals surface area contributed by atoms with Crippen molar-refractivity contribution in [3.8, 4) is 5.75 Å². The van der Waals surface area contributed by atoms with Crippen molar-refractivity contribution >= 4 is 29.2 Å². The van der Waals surface area contributed by atoms with Crippen LogP contribution >= 0.6 is 23.2 Å². The van der Waals surface area contributed by atoms with Gasteiger partial charge in [0.05, 0.1) is 25.1 Å². The Morgan fingerprint density at radius 3 is 2.52 bits per heavy atom. The lowest BCUT2D eigenvalue weighted by atomic mass is 9.96. The molecule has 2 aromatic rings. The molecule has 134 valence electrons. The SMILES string of the molecule is OC[C@@H]1CN(c2ncc(OCc3c(Cl)cccc3Cl)cn2)CC[C@@H]1O. The van der Waals surface area contributed by atoms with Crippen molar-refractivity contribution in [1.29, 1.82) is 0 Å². The molecule has 0 radical (unpaired) electrons. The summed E-state index contributed by atoms with van der Waals surface area (Å²) in [5, 5.41) is 20.3. The van der Waals surface area contributed by atoms with Crippen LogP contribution in [0.4, 0.5) is 5.95 Å². The molecule has 0 bridgehead atoms. The quantitative estimate of drug-likeness (QED) is 0.825. The third-order valence-electron chi connectivity index (χ3n) is 4.27. The van der Waals surface area contributed by atoms with E-state index in [4.69, 9.17) is 27.9 Å². The fourth-order valence-corrected chi connectivity index (χ4v) is 3.26. The number of aliphatic hydroxyl groups is 2. The highest BCUT2D eigenvalue weighted by Gasteiger charge is 2.28. The van der Waals surface area contributed by atoms with Gasteiger partial charge in [-0.2, -0.15) is 0 Å². The summed E-state index contributed by atoms with van der Waals surface area (Å²) in [6, 6.07) is 5.30. The van der Waals surface area contributed by atoms with Gasteiger partial charge >= 0.3 is 0 Å². The van der Waals surface area contributed by atoms with Crippen LogP contribution in [0.15, 0.2) is 30.6 Å². The van der Waals surface area contributed by atoms with Crippen molar-refractivity contribution in [2.75, 3.05) is 24.6 Å². The topological polar surface area (TPSA) is 78.7 Å². The molecule has 0 spiro atoms. The number of aromatic nitrogens is 2. The summed E-state index contributed by atoms with van der Waals surface area (Å²) in [6.45, 7) is 1.33. The lowest BCUT2D eigenvalue weighted by Gasteiger charge is -2.35. The van der Waals surface area contributed by atoms with E-state index in [0.29, 0.717) is 46.8 Å². The molecule has 8 heteroatoms. The first-order valence-corrected chi connectivity index (χ1v) is 8.75. The van der Waals surface area contributed by atoms with Crippen molar-refractivity contribution < 1.29 is 14.9 Å². The Bertz CT molecular complexity index is 695. The van der Waals surface area contributed by atoms with Gasteiger partial charge in [-0.15, -0.1) is 0 Å². The van der Waals surface area contributed by atoms with E-state index in [2.05, 4.69) is 9.97 Å². The predicted molar refractivity (Wildman–Crippen MR) is 96.2 cm³/mol. The molecular weight excluding hydrogens is 365 g/mol. The Morgan fingerprint density at radius 2 is 1.88 bits per heavy atom. The Morgan fingerprint density at radius 1 is 1.20 bits per heavy atom. The normalized spacial score (nSPS) is 20.6. The van der Waals surface area contributed by atoms with E-state index in [0.717, 1.165) is 0 Å². The number of benzene rings is 1. The van der Waals surface area contributed by atoms with Gasteiger partial charge in [0.2, 0.25) is 5.95 Å². The highest BCUT2D eigenvalue weighted by molar-refractivity contribution is 6.35. The summed E-state index contributed by atoms with van der Waals surface area (Å²) in [7, 11) is 0. The standard InChI is InChI=1S/C17H19Cl2N3O3/c18-14-2-1-3-15(19)13(14)10-25-12-6-20-17(21-7-12)22-5-4-16(24)11(8-22)9-23/h1-3,6-7,11,16,23-24H,4-5,8-10H2/t11-,16-/m0/s1. The number of ether oxygens (including phenoxy) is 1. The molecular formula is C17H19Cl2N3O3. The fourth-order valence-electron chi connectivity index (χ4n) is 2.75. The molecule has 0 amide bonds. The molecule has 1 aromatic heterocycles. The van der Waals surface area contributed by atoms with Crippen molar-refractivity contribution in [2.24, 2.45) is 5.92 Å². The van der Waals surface area contributed by atoms with Crippen molar-refractivity contribution in [3.05, 3.63) is 46.2 Å². The van der Waals surface area contributed by atoms with Crippen molar-refractivity contribution in [3.63, 3.8) is 0 Å². The third kappa shape index (κ3) is 4.33. The number of piperidine rings is 1. The van der Waals surface area contributed by atoms with Crippen LogP contribution in [0, 0.1) is 5.92 Å². The maximum Gasteiger partial charge on any atom is 0.225 e. The predicted octanol–water partition coefficient (Wildman–Crippen LogP) is 2.54. The van der Waals surface area contributed by atoms with E-state index in [9.17, 15) is 10.2 Å². The van der Waals surface area contributed by atoms with Gasteiger partial charge in [0.1, 0.15) is 6.61 Å². The average Bonchev–Trinajstić information content (AvgIpc) is 2.62. The van der Waals surface area contributed by atoms with Crippen LogP contribution in [0.3, 0.4) is 0 Å². The molecule has 1 aliphatic heterocycles. The molecule has 2 atom stereocenters. The number of rotatable bonds is 5. The Kier molecular flexibility index (Phi) is 5.96. The molecule has 2 heterocycles. The zero-order valence-electron chi connectivity index (χ0n) is 13.5. The summed E-state index contributed by atoms with van der Waals surface area (Å²) < 4.78 is 5.66. The van der Waals surface area contributed by atoms with E-state index in [1.807, 2.05) is 4.90 Å². The van der Waals surface area contributed by atoms with Crippen LogP contribution in [0.5, 0.6) is 5.75 Å². The molecule has 2 N–H and O–H groups in total. The molecule has 1 saturated heterocycles. The number of anilines is 1. The zero-order valence-corrected chi connectivity index (χ0v) is 15.0. The highest BCUT2D eigenvalue weighted by Crippen LogP contribution is 2.26. The lowest BCUT2D eigenvalue weighted by Crippen LogP contribution is -2.45. The number of aliphatic hydroxyl groups excluding tert-OH is 2. The summed E-state index contributed by atoms with van der Waals surface area (Å²) in [4.78, 5) is 10.6. The number of halogens is 2. The Balaban J connectivity index is 1.63. The van der Waals surface area contributed by atoms with Crippen LogP contribution in [-0.2, 0) is 6.61 Å². The second-order valence-electron chi connectivity index (χ2n) is 5.95. The maximum atomic E-state index is 9.83. The van der Waals surface area contributed by atoms with Gasteiger partial charge in [0, 0.05) is 34.6 Å². The van der Waals surface area contributed by atoms with Crippen LogP contribution in [0.2, 0.25) is 10.0 Å². The third-order valence-corrected chi connectivity index (χ3v) is 4.98. The van der Waals surface area contributed by atoms with Gasteiger partial charge < -0.3 is 19.8 Å². The first-order valence-electron chi connectivity index (χ1n) is 8.00. The van der Waals surface area contributed by atoms with Crippen LogP contribution < -0.4 is 9.64 Å². The first kappa shape index (κ1) is 18.2. The van der Waals surface area contributed by atoms with Crippen LogP contribution in [0.1, 0.15) is 12.0 Å². The number of nitrogens with zero attached hydrogens (tertiary/aromatic N) is 3. The smallest absolute Gasteiger partial charge is 0.225 e. The Labute approximate surface area is 156 Å². The van der Waals surface area contributed by atoms with Crippen LogP contribution in [0.25, 0.3) is 0 Å². The van der Waals surface area contributed by atoms with E-state index in [1.165, 1.54) is 0 Å². The molecule has 1 aromatic carbocycles. The number of hydrogen-bond acceptors (Lipinski definition) is 6.